The normalized spacial score (nSPS) is 20.2. The molecule has 2 aromatic heterocycles. The largest absolute Gasteiger partial charge is 0.382 e. The number of ether oxygens (including phenoxy) is 2. The van der Waals surface area contributed by atoms with E-state index in [2.05, 4.69) is 10.1 Å². The Bertz CT molecular complexity index is 689. The molecule has 1 aliphatic rings. The number of carbonyl (C=O) groups is 1. The molecular weight excluding hydrogens is 322 g/mol. The Morgan fingerprint density at radius 3 is 2.84 bits per heavy atom. The summed E-state index contributed by atoms with van der Waals surface area (Å²) in [6.07, 6.45) is 6.52. The van der Waals surface area contributed by atoms with Gasteiger partial charge in [-0.05, 0) is 37.5 Å². The topological polar surface area (TPSA) is 77.7 Å². The molecule has 0 N–H and O–H groups in total. The molecule has 7 nitrogen and oxygen atoms in total. The second kappa shape index (κ2) is 8.22. The fraction of sp³-hybridized carbons (Fsp3) is 0.500. The van der Waals surface area contributed by atoms with Crippen molar-refractivity contribution in [1.29, 1.82) is 0 Å². The summed E-state index contributed by atoms with van der Waals surface area (Å²) in [5.74, 6) is 0.479. The highest BCUT2D eigenvalue weighted by Crippen LogP contribution is 2.27. The van der Waals surface area contributed by atoms with E-state index >= 15 is 0 Å². The summed E-state index contributed by atoms with van der Waals surface area (Å²) in [4.78, 5) is 18.9. The van der Waals surface area contributed by atoms with Gasteiger partial charge in [0, 0.05) is 26.0 Å². The van der Waals surface area contributed by atoms with Crippen molar-refractivity contribution in [2.24, 2.45) is 0 Å². The van der Waals surface area contributed by atoms with Crippen molar-refractivity contribution in [3.8, 4) is 0 Å². The number of rotatable bonds is 7. The molecule has 0 aromatic carbocycles. The van der Waals surface area contributed by atoms with E-state index in [4.69, 9.17) is 14.0 Å². The summed E-state index contributed by atoms with van der Waals surface area (Å²) < 4.78 is 16.1. The average molecular weight is 345 g/mol. The molecule has 3 rings (SSSR count). The number of pyridine rings is 1. The van der Waals surface area contributed by atoms with Gasteiger partial charge in [-0.3, -0.25) is 9.78 Å². The van der Waals surface area contributed by atoms with Gasteiger partial charge >= 0.3 is 0 Å². The molecule has 0 aliphatic carbocycles. The Balaban J connectivity index is 1.78. The standard InChI is InChI=1S/C18H23N3O4/c1-13-15(12-20-25-13)18(22)21-8-5-17(24-10-9-23-2)16(21)11-14-3-6-19-7-4-14/h3-4,6-7,12,16-17H,5,8-11H2,1-2H3/t16-,17-/m1/s1. The number of nitrogens with zero attached hydrogens (tertiary/aromatic N) is 3. The van der Waals surface area contributed by atoms with Crippen LogP contribution in [0.2, 0.25) is 0 Å². The first-order chi connectivity index (χ1) is 12.2. The van der Waals surface area contributed by atoms with Gasteiger partial charge in [0.2, 0.25) is 0 Å². The number of carbonyl (C=O) groups excluding carboxylic acids is 1. The lowest BCUT2D eigenvalue weighted by molar-refractivity contribution is 0.000470. The van der Waals surface area contributed by atoms with Crippen LogP contribution in [0.3, 0.4) is 0 Å². The summed E-state index contributed by atoms with van der Waals surface area (Å²) in [6, 6.07) is 3.90. The highest BCUT2D eigenvalue weighted by atomic mass is 16.5. The maximum atomic E-state index is 12.9. The predicted molar refractivity (Wildman–Crippen MR) is 90.2 cm³/mol. The molecule has 1 aliphatic heterocycles. The molecule has 1 amide bonds. The van der Waals surface area contributed by atoms with Gasteiger partial charge in [-0.25, -0.2) is 0 Å². The van der Waals surface area contributed by atoms with Crippen molar-refractivity contribution in [1.82, 2.24) is 15.0 Å². The molecule has 2 aromatic rings. The molecule has 0 saturated carbocycles. The van der Waals surface area contributed by atoms with Gasteiger partial charge in [-0.15, -0.1) is 0 Å². The van der Waals surface area contributed by atoms with Crippen molar-refractivity contribution in [2.45, 2.75) is 31.9 Å². The van der Waals surface area contributed by atoms with Gasteiger partial charge < -0.3 is 18.9 Å². The second-order valence-corrected chi connectivity index (χ2v) is 6.11. The maximum absolute atomic E-state index is 12.9. The molecule has 0 radical (unpaired) electrons. The van der Waals surface area contributed by atoms with Crippen molar-refractivity contribution in [2.75, 3.05) is 26.9 Å². The number of hydrogen-bond acceptors (Lipinski definition) is 6. The van der Waals surface area contributed by atoms with Gasteiger partial charge in [0.15, 0.2) is 0 Å². The summed E-state index contributed by atoms with van der Waals surface area (Å²) >= 11 is 0. The number of likely N-dealkylation sites (tertiary alicyclic amines) is 1. The van der Waals surface area contributed by atoms with Gasteiger partial charge in [0.05, 0.1) is 31.6 Å². The number of hydrogen-bond donors (Lipinski definition) is 0. The van der Waals surface area contributed by atoms with Crippen molar-refractivity contribution >= 4 is 5.91 Å². The Labute approximate surface area is 146 Å². The van der Waals surface area contributed by atoms with Crippen LogP contribution in [0.25, 0.3) is 0 Å². The smallest absolute Gasteiger partial charge is 0.259 e. The zero-order valence-electron chi connectivity index (χ0n) is 14.6. The molecule has 0 unspecified atom stereocenters. The lowest BCUT2D eigenvalue weighted by atomic mass is 10.0. The number of aromatic nitrogens is 2. The van der Waals surface area contributed by atoms with Crippen LogP contribution in [0.1, 0.15) is 28.1 Å². The third kappa shape index (κ3) is 4.05. The molecule has 0 bridgehead atoms. The fourth-order valence-electron chi connectivity index (χ4n) is 3.22. The minimum Gasteiger partial charge on any atom is -0.382 e. The lowest BCUT2D eigenvalue weighted by Gasteiger charge is -2.28. The lowest BCUT2D eigenvalue weighted by Crippen LogP contribution is -2.42. The number of aryl methyl sites for hydroxylation is 1. The van der Waals surface area contributed by atoms with Gasteiger partial charge in [-0.1, -0.05) is 5.16 Å². The van der Waals surface area contributed by atoms with Crippen LogP contribution in [-0.2, 0) is 15.9 Å². The van der Waals surface area contributed by atoms with E-state index in [0.29, 0.717) is 31.1 Å². The van der Waals surface area contributed by atoms with E-state index in [1.54, 1.807) is 26.4 Å². The predicted octanol–water partition coefficient (Wildman–Crippen LogP) is 1.87. The molecule has 3 heterocycles. The number of amides is 1. The summed E-state index contributed by atoms with van der Waals surface area (Å²) in [5.41, 5.74) is 1.64. The van der Waals surface area contributed by atoms with Gasteiger partial charge in [0.1, 0.15) is 11.3 Å². The van der Waals surface area contributed by atoms with Crippen LogP contribution in [0.15, 0.2) is 35.2 Å². The van der Waals surface area contributed by atoms with Crippen LogP contribution < -0.4 is 0 Å². The van der Waals surface area contributed by atoms with Gasteiger partial charge in [0.25, 0.3) is 5.91 Å². The first kappa shape index (κ1) is 17.6. The Morgan fingerprint density at radius 2 is 2.16 bits per heavy atom. The van der Waals surface area contributed by atoms with Crippen LogP contribution in [0.4, 0.5) is 0 Å². The Morgan fingerprint density at radius 1 is 1.36 bits per heavy atom. The van der Waals surface area contributed by atoms with Crippen molar-refractivity contribution in [3.63, 3.8) is 0 Å². The third-order valence-corrected chi connectivity index (χ3v) is 4.54. The molecule has 0 spiro atoms. The molecule has 2 atom stereocenters. The van der Waals surface area contributed by atoms with E-state index < -0.39 is 0 Å². The van der Waals surface area contributed by atoms with Crippen LogP contribution in [-0.4, -0.2) is 60.0 Å². The summed E-state index contributed by atoms with van der Waals surface area (Å²) in [6.45, 7) is 3.46. The first-order valence-electron chi connectivity index (χ1n) is 8.42. The van der Waals surface area contributed by atoms with Crippen molar-refractivity contribution < 1.29 is 18.8 Å². The van der Waals surface area contributed by atoms with E-state index in [-0.39, 0.29) is 18.1 Å². The van der Waals surface area contributed by atoms with Crippen LogP contribution in [0, 0.1) is 6.92 Å². The molecule has 25 heavy (non-hydrogen) atoms. The van der Waals surface area contributed by atoms with Crippen LogP contribution >= 0.6 is 0 Å². The highest BCUT2D eigenvalue weighted by molar-refractivity contribution is 5.95. The molecule has 1 saturated heterocycles. The highest BCUT2D eigenvalue weighted by Gasteiger charge is 2.38. The molecule has 1 fully saturated rings. The van der Waals surface area contributed by atoms with Gasteiger partial charge in [-0.2, -0.15) is 0 Å². The van der Waals surface area contributed by atoms with E-state index in [0.717, 1.165) is 18.4 Å². The quantitative estimate of drug-likeness (QED) is 0.713. The third-order valence-electron chi connectivity index (χ3n) is 4.54. The summed E-state index contributed by atoms with van der Waals surface area (Å²) in [7, 11) is 1.65. The molecule has 7 heteroatoms. The Hall–Kier alpha value is -2.25. The first-order valence-corrected chi connectivity index (χ1v) is 8.42. The minimum atomic E-state index is -0.0596. The minimum absolute atomic E-state index is 0.0209. The maximum Gasteiger partial charge on any atom is 0.259 e. The van der Waals surface area contributed by atoms with Crippen molar-refractivity contribution in [3.05, 3.63) is 47.6 Å². The average Bonchev–Trinajstić information content (AvgIpc) is 3.22. The van der Waals surface area contributed by atoms with E-state index in [1.165, 1.54) is 6.20 Å². The zero-order chi connectivity index (χ0) is 17.6. The SMILES string of the molecule is COCCO[C@@H]1CCN(C(=O)c2cnoc2C)[C@@H]1Cc1ccncc1. The van der Waals surface area contributed by atoms with E-state index in [9.17, 15) is 4.79 Å². The number of methoxy groups -OCH3 is 1. The molecular formula is C18H23N3O4. The zero-order valence-corrected chi connectivity index (χ0v) is 14.6. The van der Waals surface area contributed by atoms with Crippen LogP contribution in [0.5, 0.6) is 0 Å². The summed E-state index contributed by atoms with van der Waals surface area (Å²) in [5, 5.41) is 3.72. The molecule has 134 valence electrons. The fourth-order valence-corrected chi connectivity index (χ4v) is 3.22. The monoisotopic (exact) mass is 345 g/mol. The second-order valence-electron chi connectivity index (χ2n) is 6.11. The van der Waals surface area contributed by atoms with E-state index in [1.807, 2.05) is 17.0 Å². The Kier molecular flexibility index (Phi) is 5.78.